The van der Waals surface area contributed by atoms with Gasteiger partial charge in [-0.25, -0.2) is 10.4 Å². The minimum absolute atomic E-state index is 0.00453. The molecular weight excluding hydrogens is 286 g/mol. The maximum Gasteiger partial charge on any atom is 0.472 e. The average molecular weight is 310 g/mol. The van der Waals surface area contributed by atoms with Crippen LogP contribution in [0.5, 0.6) is 0 Å². The summed E-state index contributed by atoms with van der Waals surface area (Å²) in [6.45, 7) is 4.24. The summed E-state index contributed by atoms with van der Waals surface area (Å²) < 4.78 is 0. The van der Waals surface area contributed by atoms with Crippen molar-refractivity contribution >= 4 is 11.7 Å². The van der Waals surface area contributed by atoms with Gasteiger partial charge in [0.15, 0.2) is 0 Å². The maximum atomic E-state index is 8.47. The predicted molar refractivity (Wildman–Crippen MR) is 84.9 cm³/mol. The van der Waals surface area contributed by atoms with E-state index in [2.05, 4.69) is 48.3 Å². The molecule has 0 aromatic heterocycles. The summed E-state index contributed by atoms with van der Waals surface area (Å²) in [4.78, 5) is 8.47. The first-order valence-electron chi connectivity index (χ1n) is 6.94. The van der Waals surface area contributed by atoms with E-state index in [0.717, 1.165) is 24.1 Å². The van der Waals surface area contributed by atoms with E-state index in [1.807, 2.05) is 0 Å². The van der Waals surface area contributed by atoms with Crippen molar-refractivity contribution in [2.45, 2.75) is 39.5 Å². The molecule has 1 rings (SSSR count). The second-order valence-electron chi connectivity index (χ2n) is 4.65. The van der Waals surface area contributed by atoms with E-state index < -0.39 is 5.09 Å². The number of hydrogen-bond donors (Lipinski definition) is 4. The van der Waals surface area contributed by atoms with Gasteiger partial charge >= 0.3 is 5.09 Å². The Morgan fingerprint density at radius 3 is 2.14 bits per heavy atom. The summed E-state index contributed by atoms with van der Waals surface area (Å²) in [5.41, 5.74) is 13.9. The molecule has 0 amide bonds. The number of nitrogens with zero attached hydrogens (tertiary/aromatic N) is 3. The third kappa shape index (κ3) is 10.2. The van der Waals surface area contributed by atoms with Crippen LogP contribution < -0.4 is 11.5 Å². The third-order valence-corrected chi connectivity index (χ3v) is 2.69. The second kappa shape index (κ2) is 11.1. The van der Waals surface area contributed by atoms with Crippen LogP contribution in [0.4, 0.5) is 0 Å². The first-order valence-corrected chi connectivity index (χ1v) is 6.94. The predicted octanol–water partition coefficient (Wildman–Crippen LogP) is 2.10. The quantitative estimate of drug-likeness (QED) is 0.276. The minimum atomic E-state index is -1.25. The fourth-order valence-electron chi connectivity index (χ4n) is 1.66. The molecule has 6 N–H and O–H groups in total. The molecule has 0 aliphatic rings. The number of guanidine groups is 1. The maximum absolute atomic E-state index is 8.47. The van der Waals surface area contributed by atoms with Crippen LogP contribution in [0.2, 0.25) is 0 Å². The monoisotopic (exact) mass is 310 g/mol. The molecule has 8 heteroatoms. The number of unbranched alkanes of at least 4 members (excludes halogenated alkanes) is 2. The summed E-state index contributed by atoms with van der Waals surface area (Å²) in [6, 6.07) is 8.26. The van der Waals surface area contributed by atoms with Crippen LogP contribution in [0.25, 0.3) is 0 Å². The van der Waals surface area contributed by atoms with Gasteiger partial charge in [0, 0.05) is 0 Å². The van der Waals surface area contributed by atoms with Gasteiger partial charge in [0.05, 0.1) is 5.71 Å². The summed E-state index contributed by atoms with van der Waals surface area (Å²) >= 11 is 0. The van der Waals surface area contributed by atoms with Crippen LogP contribution in [-0.4, -0.2) is 27.2 Å². The average Bonchev–Trinajstić information content (AvgIpc) is 2.43. The summed E-state index contributed by atoms with van der Waals surface area (Å²) in [5.74, 6) is -0.00453. The highest BCUT2D eigenvalue weighted by molar-refractivity contribution is 6.00. The van der Waals surface area contributed by atoms with Gasteiger partial charge in [-0.15, -0.1) is 5.10 Å². The zero-order valence-electron chi connectivity index (χ0n) is 12.9. The van der Waals surface area contributed by atoms with Crippen molar-refractivity contribution in [3.8, 4) is 0 Å². The molecule has 0 aliphatic carbocycles. The van der Waals surface area contributed by atoms with E-state index in [-0.39, 0.29) is 5.96 Å². The standard InChI is InChI=1S/C14H22N4.H2NO3/c1-3-4-5-6-13(17-18-14(15)16)12-9-7-11(2)8-10-12;2-1(3)4/h7-10H,3-6H2,1-2H3,(H4,15,16,18);(H2,2,3,4)/q;+1/b17-13+;. The molecule has 0 fully saturated rings. The molecule has 0 radical (unpaired) electrons. The first-order chi connectivity index (χ1) is 10.4. The number of hydrogen-bond acceptors (Lipinski definition) is 3. The van der Waals surface area contributed by atoms with Crippen molar-refractivity contribution in [3.05, 3.63) is 40.3 Å². The van der Waals surface area contributed by atoms with E-state index >= 15 is 0 Å². The molecule has 0 heterocycles. The molecule has 0 saturated carbocycles. The fourth-order valence-corrected chi connectivity index (χ4v) is 1.66. The molecule has 0 atom stereocenters. The van der Waals surface area contributed by atoms with Crippen LogP contribution in [0, 0.1) is 11.8 Å². The Bertz CT molecular complexity index is 504. The number of rotatable bonds is 6. The minimum Gasteiger partial charge on any atom is -0.369 e. The van der Waals surface area contributed by atoms with Gasteiger partial charge in [-0.2, -0.15) is 5.10 Å². The zero-order valence-corrected chi connectivity index (χ0v) is 12.9. The first kappa shape index (κ1) is 19.4. The van der Waals surface area contributed by atoms with Crippen LogP contribution in [0.15, 0.2) is 34.5 Å². The van der Waals surface area contributed by atoms with Gasteiger partial charge in [0.2, 0.25) is 5.96 Å². The lowest BCUT2D eigenvalue weighted by molar-refractivity contribution is -0.969. The largest absolute Gasteiger partial charge is 0.472 e. The van der Waals surface area contributed by atoms with Crippen LogP contribution in [0.1, 0.15) is 43.7 Å². The summed E-state index contributed by atoms with van der Waals surface area (Å²) in [5, 5.41) is 20.4. The Labute approximate surface area is 129 Å². The Hall–Kier alpha value is -2.64. The lowest BCUT2D eigenvalue weighted by atomic mass is 10.0. The topological polar surface area (TPSA) is 137 Å². The van der Waals surface area contributed by atoms with Gasteiger partial charge in [-0.3, -0.25) is 0 Å². The molecule has 1 aromatic carbocycles. The Morgan fingerprint density at radius 1 is 1.14 bits per heavy atom. The Kier molecular flexibility index (Phi) is 9.74. The summed E-state index contributed by atoms with van der Waals surface area (Å²) in [6.07, 6.45) is 4.37. The molecule has 122 valence electrons. The third-order valence-electron chi connectivity index (χ3n) is 2.69. The number of nitrogens with two attached hydrogens (primary N) is 2. The van der Waals surface area contributed by atoms with Crippen LogP contribution in [-0.2, 0) is 0 Å². The van der Waals surface area contributed by atoms with Gasteiger partial charge in [0.25, 0.3) is 0 Å². The van der Waals surface area contributed by atoms with E-state index in [4.69, 9.17) is 26.8 Å². The second-order valence-corrected chi connectivity index (χ2v) is 4.65. The van der Waals surface area contributed by atoms with E-state index in [0.29, 0.717) is 0 Å². The van der Waals surface area contributed by atoms with Gasteiger partial charge < -0.3 is 11.5 Å². The Morgan fingerprint density at radius 2 is 1.68 bits per heavy atom. The van der Waals surface area contributed by atoms with E-state index in [1.54, 1.807) is 0 Å². The summed E-state index contributed by atoms with van der Waals surface area (Å²) in [7, 11) is 0. The highest BCUT2D eigenvalue weighted by Gasteiger charge is 2.03. The van der Waals surface area contributed by atoms with Gasteiger partial charge in [0.1, 0.15) is 4.91 Å². The number of benzene rings is 1. The SMILES string of the molecule is CCCCC/C(=N\N=C(N)N)c1ccc(C)cc1.O=[N+](O)O. The van der Waals surface area contributed by atoms with Crippen LogP contribution in [0.3, 0.4) is 0 Å². The molecule has 1 aromatic rings. The molecule has 8 nitrogen and oxygen atoms in total. The van der Waals surface area contributed by atoms with Crippen molar-refractivity contribution < 1.29 is 15.5 Å². The molecule has 0 aliphatic heterocycles. The lowest BCUT2D eigenvalue weighted by Gasteiger charge is -2.05. The fraction of sp³-hybridized carbons (Fsp3) is 0.429. The van der Waals surface area contributed by atoms with Crippen molar-refractivity contribution in [2.75, 3.05) is 0 Å². The van der Waals surface area contributed by atoms with Gasteiger partial charge in [-0.1, -0.05) is 49.6 Å². The molecule has 0 bridgehead atoms. The van der Waals surface area contributed by atoms with Crippen LogP contribution >= 0.6 is 0 Å². The van der Waals surface area contributed by atoms with Crippen molar-refractivity contribution in [1.82, 2.24) is 0 Å². The highest BCUT2D eigenvalue weighted by Crippen LogP contribution is 2.11. The molecular formula is C14H24N5O3+. The van der Waals surface area contributed by atoms with E-state index in [1.165, 1.54) is 18.4 Å². The van der Waals surface area contributed by atoms with Crippen molar-refractivity contribution in [1.29, 1.82) is 0 Å². The van der Waals surface area contributed by atoms with Crippen molar-refractivity contribution in [2.24, 2.45) is 21.7 Å². The molecule has 0 spiro atoms. The number of aryl methyl sites for hydroxylation is 1. The molecule has 0 unspecified atom stereocenters. The van der Waals surface area contributed by atoms with Crippen molar-refractivity contribution in [3.63, 3.8) is 0 Å². The Balaban J connectivity index is 0.000000980. The van der Waals surface area contributed by atoms with Gasteiger partial charge in [-0.05, 0) is 25.3 Å². The molecule has 22 heavy (non-hydrogen) atoms. The zero-order chi connectivity index (χ0) is 17.0. The normalized spacial score (nSPS) is 10.4. The van der Waals surface area contributed by atoms with E-state index in [9.17, 15) is 0 Å². The highest BCUT2D eigenvalue weighted by atomic mass is 16.9. The molecule has 0 saturated heterocycles. The smallest absolute Gasteiger partial charge is 0.369 e. The lowest BCUT2D eigenvalue weighted by Crippen LogP contribution is -2.22.